The molecule has 0 saturated heterocycles. The van der Waals surface area contributed by atoms with Crippen LogP contribution in [0.25, 0.3) is 0 Å². The van der Waals surface area contributed by atoms with Gasteiger partial charge in [-0.05, 0) is 26.2 Å². The Morgan fingerprint density at radius 1 is 1.24 bits per heavy atom. The van der Waals surface area contributed by atoms with Gasteiger partial charge in [0.25, 0.3) is 0 Å². The molecular formula is C12H23N3O2. The van der Waals surface area contributed by atoms with Gasteiger partial charge in [0.15, 0.2) is 0 Å². The smallest absolute Gasteiger partial charge is 0.236 e. The Labute approximate surface area is 103 Å². The lowest BCUT2D eigenvalue weighted by molar-refractivity contribution is -0.130. The molecule has 5 nitrogen and oxygen atoms in total. The number of hydrogen-bond donors (Lipinski definition) is 2. The van der Waals surface area contributed by atoms with Crippen LogP contribution in [0.15, 0.2) is 0 Å². The van der Waals surface area contributed by atoms with E-state index >= 15 is 0 Å². The number of likely N-dealkylation sites (N-methyl/N-ethyl adjacent to an activating group) is 1. The number of carbonyl (C=O) groups excluding carboxylic acids is 2. The number of hydrogen-bond acceptors (Lipinski definition) is 3. The van der Waals surface area contributed by atoms with E-state index in [1.807, 2.05) is 18.7 Å². The maximum atomic E-state index is 11.8. The summed E-state index contributed by atoms with van der Waals surface area (Å²) in [6.07, 6.45) is 3.17. The zero-order valence-electron chi connectivity index (χ0n) is 10.8. The van der Waals surface area contributed by atoms with Crippen LogP contribution in [0.1, 0.15) is 33.1 Å². The maximum Gasteiger partial charge on any atom is 0.236 e. The van der Waals surface area contributed by atoms with Crippen LogP contribution in [0.4, 0.5) is 0 Å². The molecule has 0 aliphatic heterocycles. The summed E-state index contributed by atoms with van der Waals surface area (Å²) in [5.41, 5.74) is 0. The minimum atomic E-state index is -0.0471. The zero-order chi connectivity index (χ0) is 12.7. The number of nitrogens with one attached hydrogen (secondary N) is 2. The van der Waals surface area contributed by atoms with E-state index in [1.54, 1.807) is 0 Å². The largest absolute Gasteiger partial charge is 0.355 e. The van der Waals surface area contributed by atoms with E-state index in [4.69, 9.17) is 0 Å². The van der Waals surface area contributed by atoms with Gasteiger partial charge in [0.05, 0.1) is 13.1 Å². The van der Waals surface area contributed by atoms with Gasteiger partial charge in [-0.1, -0.05) is 6.92 Å². The zero-order valence-corrected chi connectivity index (χ0v) is 10.8. The molecule has 1 aliphatic carbocycles. The quantitative estimate of drug-likeness (QED) is 0.634. The van der Waals surface area contributed by atoms with E-state index in [0.717, 1.165) is 25.8 Å². The van der Waals surface area contributed by atoms with Gasteiger partial charge in [-0.15, -0.1) is 0 Å². The third kappa shape index (κ3) is 5.17. The van der Waals surface area contributed by atoms with Crippen molar-refractivity contribution in [2.45, 2.75) is 39.2 Å². The molecule has 0 unspecified atom stereocenters. The molecule has 0 radical (unpaired) electrons. The lowest BCUT2D eigenvalue weighted by Gasteiger charge is -2.20. The Morgan fingerprint density at radius 2 is 1.94 bits per heavy atom. The third-order valence-corrected chi connectivity index (χ3v) is 2.78. The van der Waals surface area contributed by atoms with Gasteiger partial charge < -0.3 is 10.2 Å². The summed E-state index contributed by atoms with van der Waals surface area (Å²) in [4.78, 5) is 24.9. The van der Waals surface area contributed by atoms with Crippen LogP contribution in [-0.2, 0) is 9.59 Å². The molecule has 98 valence electrons. The number of carbonyl (C=O) groups is 2. The van der Waals surface area contributed by atoms with Gasteiger partial charge in [-0.2, -0.15) is 0 Å². The number of rotatable bonds is 8. The molecule has 1 rings (SSSR count). The van der Waals surface area contributed by atoms with E-state index in [-0.39, 0.29) is 24.9 Å². The Kier molecular flexibility index (Phi) is 5.97. The molecule has 2 N–H and O–H groups in total. The van der Waals surface area contributed by atoms with Crippen molar-refractivity contribution < 1.29 is 9.59 Å². The van der Waals surface area contributed by atoms with Crippen LogP contribution < -0.4 is 10.6 Å². The highest BCUT2D eigenvalue weighted by atomic mass is 16.2. The molecule has 0 aromatic heterocycles. The molecule has 1 fully saturated rings. The lowest BCUT2D eigenvalue weighted by Crippen LogP contribution is -2.42. The molecule has 17 heavy (non-hydrogen) atoms. The van der Waals surface area contributed by atoms with Gasteiger partial charge in [-0.25, -0.2) is 0 Å². The van der Waals surface area contributed by atoms with Gasteiger partial charge in [0, 0.05) is 19.1 Å². The van der Waals surface area contributed by atoms with Gasteiger partial charge in [-0.3, -0.25) is 14.9 Å². The summed E-state index contributed by atoms with van der Waals surface area (Å²) >= 11 is 0. The predicted octanol–water partition coefficient (Wildman–Crippen LogP) is 0.113. The first-order chi connectivity index (χ1) is 8.19. The SMILES string of the molecule is CCCNC(=O)CNCC(=O)N(CC)C1CC1. The highest BCUT2D eigenvalue weighted by molar-refractivity contribution is 5.81. The van der Waals surface area contributed by atoms with Gasteiger partial charge in [0.1, 0.15) is 0 Å². The van der Waals surface area contributed by atoms with E-state index in [0.29, 0.717) is 12.6 Å². The topological polar surface area (TPSA) is 61.4 Å². The molecule has 0 bridgehead atoms. The first-order valence-corrected chi connectivity index (χ1v) is 6.45. The molecule has 2 amide bonds. The second-order valence-electron chi connectivity index (χ2n) is 4.36. The first-order valence-electron chi connectivity index (χ1n) is 6.45. The molecule has 5 heteroatoms. The molecule has 0 aromatic carbocycles. The van der Waals surface area contributed by atoms with Crippen LogP contribution >= 0.6 is 0 Å². The Morgan fingerprint density at radius 3 is 2.47 bits per heavy atom. The fraction of sp³-hybridized carbons (Fsp3) is 0.833. The van der Waals surface area contributed by atoms with Gasteiger partial charge >= 0.3 is 0 Å². The summed E-state index contributed by atoms with van der Waals surface area (Å²) in [6.45, 7) is 5.92. The Hall–Kier alpha value is -1.10. The van der Waals surface area contributed by atoms with E-state index in [1.165, 1.54) is 0 Å². The minimum absolute atomic E-state index is 0.0471. The normalized spacial score (nSPS) is 14.5. The molecule has 1 saturated carbocycles. The summed E-state index contributed by atoms with van der Waals surface area (Å²) in [6, 6.07) is 0.447. The van der Waals surface area contributed by atoms with Crippen molar-refractivity contribution in [2.24, 2.45) is 0 Å². The van der Waals surface area contributed by atoms with Crippen LogP contribution in [0.2, 0.25) is 0 Å². The van der Waals surface area contributed by atoms with E-state index in [2.05, 4.69) is 10.6 Å². The minimum Gasteiger partial charge on any atom is -0.355 e. The van der Waals surface area contributed by atoms with Crippen LogP contribution in [0.5, 0.6) is 0 Å². The monoisotopic (exact) mass is 241 g/mol. The summed E-state index contributed by atoms with van der Waals surface area (Å²) < 4.78 is 0. The molecular weight excluding hydrogens is 218 g/mol. The van der Waals surface area contributed by atoms with Crippen molar-refractivity contribution in [3.63, 3.8) is 0 Å². The second kappa shape index (κ2) is 7.27. The highest BCUT2D eigenvalue weighted by Crippen LogP contribution is 2.26. The lowest BCUT2D eigenvalue weighted by atomic mass is 10.4. The number of amides is 2. The standard InChI is InChI=1S/C12H23N3O2/c1-3-7-14-11(16)8-13-9-12(17)15(4-2)10-5-6-10/h10,13H,3-9H2,1-2H3,(H,14,16). The van der Waals surface area contributed by atoms with Crippen LogP contribution in [0.3, 0.4) is 0 Å². The molecule has 1 aliphatic rings. The second-order valence-corrected chi connectivity index (χ2v) is 4.36. The molecule has 0 heterocycles. The summed E-state index contributed by atoms with van der Waals surface area (Å²) in [7, 11) is 0. The Balaban J connectivity index is 2.12. The molecule has 0 atom stereocenters. The van der Waals surface area contributed by atoms with E-state index in [9.17, 15) is 9.59 Å². The third-order valence-electron chi connectivity index (χ3n) is 2.78. The highest BCUT2D eigenvalue weighted by Gasteiger charge is 2.30. The average molecular weight is 241 g/mol. The summed E-state index contributed by atoms with van der Waals surface area (Å²) in [5.74, 6) is 0.0485. The van der Waals surface area contributed by atoms with Crippen molar-refractivity contribution >= 4 is 11.8 Å². The van der Waals surface area contributed by atoms with Crippen molar-refractivity contribution in [1.29, 1.82) is 0 Å². The van der Waals surface area contributed by atoms with Crippen molar-refractivity contribution in [3.05, 3.63) is 0 Å². The van der Waals surface area contributed by atoms with Crippen molar-refractivity contribution in [1.82, 2.24) is 15.5 Å². The fourth-order valence-corrected chi connectivity index (χ4v) is 1.74. The molecule has 0 spiro atoms. The predicted molar refractivity (Wildman–Crippen MR) is 66.6 cm³/mol. The number of nitrogens with zero attached hydrogens (tertiary/aromatic N) is 1. The van der Waals surface area contributed by atoms with Crippen molar-refractivity contribution in [3.8, 4) is 0 Å². The average Bonchev–Trinajstić information content (AvgIpc) is 3.12. The maximum absolute atomic E-state index is 11.8. The first kappa shape index (κ1) is 14.0. The van der Waals surface area contributed by atoms with Crippen LogP contribution in [-0.4, -0.2) is 48.9 Å². The van der Waals surface area contributed by atoms with E-state index < -0.39 is 0 Å². The van der Waals surface area contributed by atoms with Crippen LogP contribution in [0, 0.1) is 0 Å². The summed E-state index contributed by atoms with van der Waals surface area (Å²) in [5, 5.41) is 5.65. The van der Waals surface area contributed by atoms with Crippen molar-refractivity contribution in [2.75, 3.05) is 26.2 Å². The Bertz CT molecular complexity index is 264. The van der Waals surface area contributed by atoms with Gasteiger partial charge in [0.2, 0.25) is 11.8 Å². The molecule has 0 aromatic rings. The fourth-order valence-electron chi connectivity index (χ4n) is 1.74.